The molecule has 1 saturated heterocycles. The first-order valence-electron chi connectivity index (χ1n) is 5.58. The third-order valence-corrected chi connectivity index (χ3v) is 3.22. The van der Waals surface area contributed by atoms with Crippen molar-refractivity contribution in [2.24, 2.45) is 11.8 Å². The maximum Gasteiger partial charge on any atom is 0.308 e. The van der Waals surface area contributed by atoms with Crippen molar-refractivity contribution in [2.75, 3.05) is 6.61 Å². The van der Waals surface area contributed by atoms with Crippen LogP contribution in [0.5, 0.6) is 0 Å². The lowest BCUT2D eigenvalue weighted by molar-refractivity contribution is -0.142. The van der Waals surface area contributed by atoms with E-state index in [-0.39, 0.29) is 24.0 Å². The van der Waals surface area contributed by atoms with Gasteiger partial charge in [-0.1, -0.05) is 0 Å². The fourth-order valence-corrected chi connectivity index (χ4v) is 1.75. The Labute approximate surface area is 95.2 Å². The predicted molar refractivity (Wildman–Crippen MR) is 57.9 cm³/mol. The van der Waals surface area contributed by atoms with Crippen LogP contribution >= 0.6 is 0 Å². The number of carbonyl (C=O) groups is 2. The summed E-state index contributed by atoms with van der Waals surface area (Å²) in [6.07, 6.45) is 0.633. The lowest BCUT2D eigenvalue weighted by Gasteiger charge is -2.21. The molecule has 0 aliphatic carbocycles. The van der Waals surface area contributed by atoms with Gasteiger partial charge in [0.2, 0.25) is 5.91 Å². The van der Waals surface area contributed by atoms with Crippen molar-refractivity contribution in [3.63, 3.8) is 0 Å². The van der Waals surface area contributed by atoms with E-state index in [9.17, 15) is 9.59 Å². The Morgan fingerprint density at radius 3 is 2.50 bits per heavy atom. The molecular weight excluding hydrogens is 210 g/mol. The first-order valence-corrected chi connectivity index (χ1v) is 5.58. The number of aliphatic carboxylic acids is 1. The van der Waals surface area contributed by atoms with Gasteiger partial charge >= 0.3 is 5.97 Å². The number of carboxylic acids is 1. The summed E-state index contributed by atoms with van der Waals surface area (Å²) in [7, 11) is 0. The normalized spacial score (nSPS) is 28.4. The molecule has 0 aromatic carbocycles. The van der Waals surface area contributed by atoms with Crippen molar-refractivity contribution in [1.82, 2.24) is 5.32 Å². The van der Waals surface area contributed by atoms with E-state index >= 15 is 0 Å². The molecule has 0 radical (unpaired) electrons. The molecule has 0 aromatic heterocycles. The minimum atomic E-state index is -0.900. The highest BCUT2D eigenvalue weighted by molar-refractivity contribution is 5.80. The van der Waals surface area contributed by atoms with Crippen LogP contribution in [0, 0.1) is 11.8 Å². The average molecular weight is 229 g/mol. The van der Waals surface area contributed by atoms with Crippen LogP contribution in [0.25, 0.3) is 0 Å². The van der Waals surface area contributed by atoms with Crippen molar-refractivity contribution >= 4 is 11.9 Å². The molecule has 5 nitrogen and oxygen atoms in total. The largest absolute Gasteiger partial charge is 0.481 e. The van der Waals surface area contributed by atoms with E-state index < -0.39 is 11.9 Å². The molecule has 4 unspecified atom stereocenters. The van der Waals surface area contributed by atoms with E-state index in [4.69, 9.17) is 9.84 Å². The summed E-state index contributed by atoms with van der Waals surface area (Å²) in [4.78, 5) is 22.5. The van der Waals surface area contributed by atoms with Crippen molar-refractivity contribution in [3.8, 4) is 0 Å². The Balaban J connectivity index is 2.47. The molecule has 0 aromatic rings. The lowest BCUT2D eigenvalue weighted by Crippen LogP contribution is -2.44. The number of hydrogen-bond donors (Lipinski definition) is 2. The number of amides is 1. The monoisotopic (exact) mass is 229 g/mol. The first kappa shape index (κ1) is 13.0. The Morgan fingerprint density at radius 2 is 2.06 bits per heavy atom. The zero-order valence-corrected chi connectivity index (χ0v) is 9.90. The fraction of sp³-hybridized carbons (Fsp3) is 0.818. The van der Waals surface area contributed by atoms with Crippen molar-refractivity contribution in [3.05, 3.63) is 0 Å². The second-order valence-electron chi connectivity index (χ2n) is 4.40. The molecule has 4 atom stereocenters. The van der Waals surface area contributed by atoms with Crippen LogP contribution < -0.4 is 5.32 Å². The van der Waals surface area contributed by atoms with E-state index in [1.165, 1.54) is 0 Å². The lowest BCUT2D eigenvalue weighted by atomic mass is 9.99. The zero-order valence-electron chi connectivity index (χ0n) is 9.90. The van der Waals surface area contributed by atoms with E-state index in [1.807, 2.05) is 6.92 Å². The highest BCUT2D eigenvalue weighted by Gasteiger charge is 2.32. The van der Waals surface area contributed by atoms with Crippen LogP contribution in [-0.4, -0.2) is 35.7 Å². The predicted octanol–water partition coefficient (Wildman–Crippen LogP) is 0.637. The SMILES string of the molecule is CC(NC(=O)C1CCOC1C)C(C)C(=O)O. The summed E-state index contributed by atoms with van der Waals surface area (Å²) in [6.45, 7) is 5.75. The third-order valence-electron chi connectivity index (χ3n) is 3.22. The highest BCUT2D eigenvalue weighted by Crippen LogP contribution is 2.20. The summed E-state index contributed by atoms with van der Waals surface area (Å²) in [5.41, 5.74) is 0. The fourth-order valence-electron chi connectivity index (χ4n) is 1.75. The second-order valence-corrected chi connectivity index (χ2v) is 4.40. The Kier molecular flexibility index (Phi) is 4.29. The maximum atomic E-state index is 11.8. The number of ether oxygens (including phenoxy) is 1. The van der Waals surface area contributed by atoms with Gasteiger partial charge in [-0.2, -0.15) is 0 Å². The standard InChI is InChI=1S/C11H19NO4/c1-6(11(14)15)7(2)12-10(13)9-4-5-16-8(9)3/h6-9H,4-5H2,1-3H3,(H,12,13)(H,14,15). The highest BCUT2D eigenvalue weighted by atomic mass is 16.5. The van der Waals surface area contributed by atoms with Gasteiger partial charge in [0.05, 0.1) is 17.9 Å². The summed E-state index contributed by atoms with van der Waals surface area (Å²) in [5.74, 6) is -1.74. The van der Waals surface area contributed by atoms with Gasteiger partial charge in [0.25, 0.3) is 0 Å². The van der Waals surface area contributed by atoms with Gasteiger partial charge in [-0.3, -0.25) is 9.59 Å². The molecule has 2 N–H and O–H groups in total. The molecule has 1 aliphatic heterocycles. The van der Waals surface area contributed by atoms with Gasteiger partial charge in [0.15, 0.2) is 0 Å². The second kappa shape index (κ2) is 5.30. The molecule has 0 spiro atoms. The maximum absolute atomic E-state index is 11.8. The molecule has 16 heavy (non-hydrogen) atoms. The molecular formula is C11H19NO4. The summed E-state index contributed by atoms with van der Waals surface area (Å²) in [5, 5.41) is 11.5. The van der Waals surface area contributed by atoms with E-state index in [0.717, 1.165) is 0 Å². The van der Waals surface area contributed by atoms with E-state index in [0.29, 0.717) is 13.0 Å². The van der Waals surface area contributed by atoms with Gasteiger partial charge < -0.3 is 15.2 Å². The van der Waals surface area contributed by atoms with Crippen LogP contribution in [-0.2, 0) is 14.3 Å². The van der Waals surface area contributed by atoms with Gasteiger partial charge in [-0.25, -0.2) is 0 Å². The quantitative estimate of drug-likeness (QED) is 0.741. The topological polar surface area (TPSA) is 75.6 Å². The van der Waals surface area contributed by atoms with Gasteiger partial charge in [0, 0.05) is 12.6 Å². The summed E-state index contributed by atoms with van der Waals surface area (Å²) < 4.78 is 5.30. The van der Waals surface area contributed by atoms with E-state index in [1.54, 1.807) is 13.8 Å². The van der Waals surface area contributed by atoms with Crippen molar-refractivity contribution < 1.29 is 19.4 Å². The minimum absolute atomic E-state index is 0.0765. The van der Waals surface area contributed by atoms with Crippen LogP contribution in [0.2, 0.25) is 0 Å². The third kappa shape index (κ3) is 2.95. The Hall–Kier alpha value is -1.10. The molecule has 5 heteroatoms. The molecule has 1 heterocycles. The molecule has 1 fully saturated rings. The first-order chi connectivity index (χ1) is 7.43. The van der Waals surface area contributed by atoms with Crippen LogP contribution in [0.4, 0.5) is 0 Å². The molecule has 92 valence electrons. The van der Waals surface area contributed by atoms with Gasteiger partial charge in [0.1, 0.15) is 0 Å². The number of nitrogens with one attached hydrogen (secondary N) is 1. The number of carbonyl (C=O) groups excluding carboxylic acids is 1. The summed E-state index contributed by atoms with van der Waals surface area (Å²) in [6, 6.07) is -0.363. The van der Waals surface area contributed by atoms with Crippen LogP contribution in [0.3, 0.4) is 0 Å². The van der Waals surface area contributed by atoms with Gasteiger partial charge in [-0.15, -0.1) is 0 Å². The molecule has 1 amide bonds. The number of carboxylic acid groups (broad SMARTS) is 1. The van der Waals surface area contributed by atoms with Crippen LogP contribution in [0.1, 0.15) is 27.2 Å². The minimum Gasteiger partial charge on any atom is -0.481 e. The van der Waals surface area contributed by atoms with E-state index in [2.05, 4.69) is 5.32 Å². The molecule has 1 rings (SSSR count). The smallest absolute Gasteiger partial charge is 0.308 e. The Bertz CT molecular complexity index is 279. The number of rotatable bonds is 4. The molecule has 1 aliphatic rings. The molecule has 0 bridgehead atoms. The van der Waals surface area contributed by atoms with Crippen molar-refractivity contribution in [2.45, 2.75) is 39.3 Å². The molecule has 0 saturated carbocycles. The van der Waals surface area contributed by atoms with Crippen molar-refractivity contribution in [1.29, 1.82) is 0 Å². The number of hydrogen-bond acceptors (Lipinski definition) is 3. The van der Waals surface area contributed by atoms with Crippen LogP contribution in [0.15, 0.2) is 0 Å². The zero-order chi connectivity index (χ0) is 12.3. The van der Waals surface area contributed by atoms with Gasteiger partial charge in [-0.05, 0) is 27.2 Å². The average Bonchev–Trinajstić information content (AvgIpc) is 2.62. The summed E-state index contributed by atoms with van der Waals surface area (Å²) >= 11 is 0. The Morgan fingerprint density at radius 1 is 1.44 bits per heavy atom.